The topological polar surface area (TPSA) is 87.7 Å². The number of carboxylic acids is 1. The van der Waals surface area contributed by atoms with E-state index in [1.54, 1.807) is 12.1 Å². The third-order valence-corrected chi connectivity index (χ3v) is 4.52. The molecular formula is C20H21ClN2O4S. The molecule has 0 aromatic heterocycles. The molecule has 0 atom stereocenters. The van der Waals surface area contributed by atoms with E-state index in [1.807, 2.05) is 12.1 Å². The van der Waals surface area contributed by atoms with Crippen LogP contribution in [0.1, 0.15) is 47.1 Å². The lowest BCUT2D eigenvalue weighted by Gasteiger charge is -2.19. The molecule has 0 radical (unpaired) electrons. The number of nitrogens with one attached hydrogen (secondary N) is 2. The Balaban J connectivity index is 2.11. The largest absolute Gasteiger partial charge is 0.496 e. The standard InChI is InChI=1S/C20H21ClN2O4S/c1-20(2,3)12-7-5-11(6-8-12)17(24)23-19(28)22-15-10-16(27-4)13(18(25)26)9-14(15)21/h5-10H,1-4H3,(H,25,26)(H2,22,23,24,28). The van der Waals surface area contributed by atoms with Crippen molar-refractivity contribution in [1.29, 1.82) is 0 Å². The monoisotopic (exact) mass is 420 g/mol. The van der Waals surface area contributed by atoms with Crippen molar-refractivity contribution in [3.05, 3.63) is 58.1 Å². The fraction of sp³-hybridized carbons (Fsp3) is 0.250. The maximum atomic E-state index is 12.4. The van der Waals surface area contributed by atoms with Gasteiger partial charge in [0, 0.05) is 11.6 Å². The van der Waals surface area contributed by atoms with Crippen molar-refractivity contribution in [1.82, 2.24) is 5.32 Å². The summed E-state index contributed by atoms with van der Waals surface area (Å²) in [5.41, 5.74) is 1.80. The van der Waals surface area contributed by atoms with Gasteiger partial charge >= 0.3 is 5.97 Å². The Labute approximate surface area is 173 Å². The molecule has 6 nitrogen and oxygen atoms in total. The van der Waals surface area contributed by atoms with Gasteiger partial charge in [-0.3, -0.25) is 10.1 Å². The highest BCUT2D eigenvalue weighted by molar-refractivity contribution is 7.80. The first-order valence-corrected chi connectivity index (χ1v) is 9.15. The van der Waals surface area contributed by atoms with E-state index in [-0.39, 0.29) is 32.8 Å². The number of halogens is 1. The molecule has 2 aromatic rings. The van der Waals surface area contributed by atoms with Crippen molar-refractivity contribution in [3.8, 4) is 5.75 Å². The lowest BCUT2D eigenvalue weighted by Crippen LogP contribution is -2.34. The van der Waals surface area contributed by atoms with E-state index in [4.69, 9.17) is 33.7 Å². The maximum absolute atomic E-state index is 12.4. The first-order valence-electron chi connectivity index (χ1n) is 8.36. The van der Waals surface area contributed by atoms with Crippen LogP contribution in [0.5, 0.6) is 5.75 Å². The minimum Gasteiger partial charge on any atom is -0.496 e. The SMILES string of the molecule is COc1cc(NC(=S)NC(=O)c2ccc(C(C)(C)C)cc2)c(Cl)cc1C(=O)O. The molecule has 0 fully saturated rings. The molecule has 0 bridgehead atoms. The summed E-state index contributed by atoms with van der Waals surface area (Å²) >= 11 is 11.3. The zero-order chi connectivity index (χ0) is 21.1. The van der Waals surface area contributed by atoms with Crippen LogP contribution in [0.15, 0.2) is 36.4 Å². The second kappa shape index (κ2) is 8.58. The van der Waals surface area contributed by atoms with E-state index in [2.05, 4.69) is 31.4 Å². The van der Waals surface area contributed by atoms with E-state index < -0.39 is 5.97 Å². The number of benzene rings is 2. The van der Waals surface area contributed by atoms with Gasteiger partial charge in [0.15, 0.2) is 5.11 Å². The zero-order valence-electron chi connectivity index (χ0n) is 15.9. The van der Waals surface area contributed by atoms with Gasteiger partial charge in [0.25, 0.3) is 5.91 Å². The Morgan fingerprint density at radius 1 is 1.14 bits per heavy atom. The van der Waals surface area contributed by atoms with Crippen molar-refractivity contribution >= 4 is 46.5 Å². The van der Waals surface area contributed by atoms with Crippen molar-refractivity contribution < 1.29 is 19.4 Å². The molecule has 0 aliphatic carbocycles. The summed E-state index contributed by atoms with van der Waals surface area (Å²) in [6.45, 7) is 6.28. The fourth-order valence-electron chi connectivity index (χ4n) is 2.44. The highest BCUT2D eigenvalue weighted by atomic mass is 35.5. The Hall–Kier alpha value is -2.64. The van der Waals surface area contributed by atoms with E-state index in [0.29, 0.717) is 11.3 Å². The summed E-state index contributed by atoms with van der Waals surface area (Å²) in [6.07, 6.45) is 0. The number of thiocarbonyl (C=S) groups is 1. The van der Waals surface area contributed by atoms with Crippen molar-refractivity contribution in [2.45, 2.75) is 26.2 Å². The predicted molar refractivity (Wildman–Crippen MR) is 114 cm³/mol. The molecule has 28 heavy (non-hydrogen) atoms. The molecule has 2 rings (SSSR count). The lowest BCUT2D eigenvalue weighted by atomic mass is 9.87. The van der Waals surface area contributed by atoms with Crippen LogP contribution >= 0.6 is 23.8 Å². The van der Waals surface area contributed by atoms with Gasteiger partial charge in [-0.2, -0.15) is 0 Å². The molecule has 2 aromatic carbocycles. The first kappa shape index (κ1) is 21.7. The Bertz CT molecular complexity index is 921. The van der Waals surface area contributed by atoms with E-state index >= 15 is 0 Å². The molecule has 0 saturated carbocycles. The average molecular weight is 421 g/mol. The number of rotatable bonds is 4. The van der Waals surface area contributed by atoms with Crippen LogP contribution in [-0.4, -0.2) is 29.2 Å². The van der Waals surface area contributed by atoms with Crippen LogP contribution in [0.3, 0.4) is 0 Å². The number of aromatic carboxylic acids is 1. The van der Waals surface area contributed by atoms with Gasteiger partial charge in [0.2, 0.25) is 0 Å². The fourth-order valence-corrected chi connectivity index (χ4v) is 2.85. The first-order chi connectivity index (χ1) is 13.0. The van der Waals surface area contributed by atoms with Gasteiger partial charge in [0.05, 0.1) is 17.8 Å². The van der Waals surface area contributed by atoms with Crippen molar-refractivity contribution in [2.24, 2.45) is 0 Å². The van der Waals surface area contributed by atoms with Crippen molar-refractivity contribution in [3.63, 3.8) is 0 Å². The minimum absolute atomic E-state index is 0.0101. The molecule has 0 aliphatic heterocycles. The quantitative estimate of drug-likeness (QED) is 0.632. The van der Waals surface area contributed by atoms with Crippen LogP contribution in [0, 0.1) is 0 Å². The van der Waals surface area contributed by atoms with Gasteiger partial charge in [0.1, 0.15) is 11.3 Å². The van der Waals surface area contributed by atoms with Gasteiger partial charge in [-0.05, 0) is 41.4 Å². The number of ether oxygens (including phenoxy) is 1. The van der Waals surface area contributed by atoms with E-state index in [1.165, 1.54) is 19.2 Å². The highest BCUT2D eigenvalue weighted by Crippen LogP contribution is 2.31. The van der Waals surface area contributed by atoms with E-state index in [0.717, 1.165) is 5.56 Å². The third kappa shape index (κ3) is 5.21. The molecule has 0 saturated heterocycles. The number of hydrogen-bond donors (Lipinski definition) is 3. The van der Waals surface area contributed by atoms with Crippen LogP contribution in [0.25, 0.3) is 0 Å². The normalized spacial score (nSPS) is 10.9. The minimum atomic E-state index is -1.17. The second-order valence-corrected chi connectivity index (χ2v) is 7.89. The third-order valence-electron chi connectivity index (χ3n) is 4.01. The molecule has 3 N–H and O–H groups in total. The molecule has 148 valence electrons. The zero-order valence-corrected chi connectivity index (χ0v) is 17.5. The second-order valence-electron chi connectivity index (χ2n) is 7.07. The number of anilines is 1. The van der Waals surface area contributed by atoms with Gasteiger partial charge in [-0.1, -0.05) is 44.5 Å². The smallest absolute Gasteiger partial charge is 0.339 e. The number of carbonyl (C=O) groups is 2. The molecule has 1 amide bonds. The average Bonchev–Trinajstić information content (AvgIpc) is 2.62. The number of amides is 1. The summed E-state index contributed by atoms with van der Waals surface area (Å²) in [5.74, 6) is -1.42. The summed E-state index contributed by atoms with van der Waals surface area (Å²) in [4.78, 5) is 23.6. The van der Waals surface area contributed by atoms with Crippen LogP contribution in [0.2, 0.25) is 5.02 Å². The van der Waals surface area contributed by atoms with E-state index in [9.17, 15) is 9.59 Å². The van der Waals surface area contributed by atoms with Gasteiger partial charge < -0.3 is 15.2 Å². The number of hydrogen-bond acceptors (Lipinski definition) is 4. The molecular weight excluding hydrogens is 400 g/mol. The Morgan fingerprint density at radius 3 is 2.25 bits per heavy atom. The van der Waals surface area contributed by atoms with Crippen LogP contribution < -0.4 is 15.4 Å². The number of carboxylic acid groups (broad SMARTS) is 1. The van der Waals surface area contributed by atoms with Crippen molar-refractivity contribution in [2.75, 3.05) is 12.4 Å². The Morgan fingerprint density at radius 2 is 1.75 bits per heavy atom. The van der Waals surface area contributed by atoms with Crippen LogP contribution in [0.4, 0.5) is 5.69 Å². The maximum Gasteiger partial charge on any atom is 0.339 e. The molecule has 0 unspecified atom stereocenters. The summed E-state index contributed by atoms with van der Waals surface area (Å²) in [7, 11) is 1.35. The number of methoxy groups -OCH3 is 1. The summed E-state index contributed by atoms with van der Waals surface area (Å²) in [5, 5.41) is 14.7. The molecule has 8 heteroatoms. The lowest BCUT2D eigenvalue weighted by molar-refractivity contribution is 0.0693. The van der Waals surface area contributed by atoms with Crippen LogP contribution in [-0.2, 0) is 5.41 Å². The molecule has 0 heterocycles. The molecule has 0 aliphatic rings. The summed E-state index contributed by atoms with van der Waals surface area (Å²) in [6, 6.07) is 9.92. The van der Waals surface area contributed by atoms with Gasteiger partial charge in [-0.25, -0.2) is 4.79 Å². The molecule has 0 spiro atoms. The highest BCUT2D eigenvalue weighted by Gasteiger charge is 2.17. The summed E-state index contributed by atoms with van der Waals surface area (Å²) < 4.78 is 5.06. The van der Waals surface area contributed by atoms with Gasteiger partial charge in [-0.15, -0.1) is 0 Å². The Kier molecular flexibility index (Phi) is 6.64. The predicted octanol–water partition coefficient (Wildman–Crippen LogP) is 4.47. The number of carbonyl (C=O) groups excluding carboxylic acids is 1.